The van der Waals surface area contributed by atoms with E-state index < -0.39 is 0 Å². The van der Waals surface area contributed by atoms with Crippen molar-refractivity contribution in [3.05, 3.63) is 16.1 Å². The van der Waals surface area contributed by atoms with Crippen molar-refractivity contribution in [2.45, 2.75) is 19.8 Å². The molecule has 0 fully saturated rings. The summed E-state index contributed by atoms with van der Waals surface area (Å²) in [4.78, 5) is 15.6. The monoisotopic (exact) mass is 227 g/mol. The summed E-state index contributed by atoms with van der Waals surface area (Å²) in [6, 6.07) is 0. The summed E-state index contributed by atoms with van der Waals surface area (Å²) in [5.41, 5.74) is 1.05. The van der Waals surface area contributed by atoms with E-state index in [4.69, 9.17) is 0 Å². The van der Waals surface area contributed by atoms with Crippen molar-refractivity contribution in [3.8, 4) is 0 Å². The lowest BCUT2D eigenvalue weighted by Gasteiger charge is -2.02. The first kappa shape index (κ1) is 12.1. The van der Waals surface area contributed by atoms with Crippen LogP contribution in [0.15, 0.2) is 5.38 Å². The molecule has 0 unspecified atom stereocenters. The van der Waals surface area contributed by atoms with E-state index in [9.17, 15) is 4.79 Å². The van der Waals surface area contributed by atoms with Gasteiger partial charge in [0, 0.05) is 37.0 Å². The number of thiazole rings is 1. The molecule has 0 aliphatic carbocycles. The molecule has 0 spiro atoms. The van der Waals surface area contributed by atoms with Crippen LogP contribution in [0.4, 0.5) is 0 Å². The van der Waals surface area contributed by atoms with Crippen LogP contribution in [0.5, 0.6) is 0 Å². The van der Waals surface area contributed by atoms with Gasteiger partial charge in [-0.1, -0.05) is 0 Å². The van der Waals surface area contributed by atoms with E-state index in [1.807, 2.05) is 19.4 Å². The van der Waals surface area contributed by atoms with Crippen LogP contribution in [0.2, 0.25) is 0 Å². The summed E-state index contributed by atoms with van der Waals surface area (Å²) in [5, 5.41) is 8.91. The minimum Gasteiger partial charge on any atom is -0.356 e. The van der Waals surface area contributed by atoms with Gasteiger partial charge in [-0.05, 0) is 14.0 Å². The number of aromatic nitrogens is 1. The molecule has 1 amide bonds. The van der Waals surface area contributed by atoms with E-state index in [2.05, 4.69) is 15.6 Å². The van der Waals surface area contributed by atoms with Gasteiger partial charge >= 0.3 is 0 Å². The second kappa shape index (κ2) is 6.53. The number of nitrogens with one attached hydrogen (secondary N) is 2. The molecule has 1 heterocycles. The Kier molecular flexibility index (Phi) is 5.28. The van der Waals surface area contributed by atoms with Gasteiger partial charge in [0.2, 0.25) is 5.91 Å². The summed E-state index contributed by atoms with van der Waals surface area (Å²) < 4.78 is 0. The number of rotatable bonds is 6. The predicted octanol–water partition coefficient (Wildman–Crippen LogP) is 0.720. The van der Waals surface area contributed by atoms with Crippen LogP contribution in [0.1, 0.15) is 17.1 Å². The van der Waals surface area contributed by atoms with Gasteiger partial charge in [0.05, 0.1) is 5.01 Å². The quantitative estimate of drug-likeness (QED) is 0.753. The molecule has 1 aromatic rings. The molecule has 1 aromatic heterocycles. The maximum absolute atomic E-state index is 11.2. The van der Waals surface area contributed by atoms with Crippen LogP contribution in [0.25, 0.3) is 0 Å². The summed E-state index contributed by atoms with van der Waals surface area (Å²) in [7, 11) is 1.84. The molecular weight excluding hydrogens is 210 g/mol. The summed E-state index contributed by atoms with van der Waals surface area (Å²) in [5.74, 6) is 0.0950. The Balaban J connectivity index is 2.13. The van der Waals surface area contributed by atoms with Crippen molar-refractivity contribution < 1.29 is 4.79 Å². The molecule has 0 saturated heterocycles. The molecule has 0 bridgehead atoms. The highest BCUT2D eigenvalue weighted by atomic mass is 32.1. The van der Waals surface area contributed by atoms with Crippen LogP contribution in [0.3, 0.4) is 0 Å². The topological polar surface area (TPSA) is 54.0 Å². The molecule has 4 nitrogen and oxygen atoms in total. The molecule has 0 aromatic carbocycles. The van der Waals surface area contributed by atoms with Gasteiger partial charge in [-0.15, -0.1) is 11.3 Å². The van der Waals surface area contributed by atoms with Crippen LogP contribution in [-0.4, -0.2) is 31.0 Å². The lowest BCUT2D eigenvalue weighted by molar-refractivity contribution is -0.120. The Morgan fingerprint density at radius 3 is 2.93 bits per heavy atom. The highest BCUT2D eigenvalue weighted by Crippen LogP contribution is 2.08. The van der Waals surface area contributed by atoms with Crippen molar-refractivity contribution in [1.29, 1.82) is 0 Å². The fourth-order valence-corrected chi connectivity index (χ4v) is 1.93. The predicted molar refractivity (Wildman–Crippen MR) is 62.1 cm³/mol. The molecule has 0 aliphatic heterocycles. The lowest BCUT2D eigenvalue weighted by atomic mass is 10.3. The molecule has 5 heteroatoms. The zero-order chi connectivity index (χ0) is 11.1. The Hall–Kier alpha value is -0.940. The lowest BCUT2D eigenvalue weighted by Crippen LogP contribution is -2.28. The highest BCUT2D eigenvalue weighted by molar-refractivity contribution is 7.09. The van der Waals surface area contributed by atoms with Crippen LogP contribution in [-0.2, 0) is 11.2 Å². The number of aryl methyl sites for hydroxylation is 1. The smallest absolute Gasteiger partial charge is 0.221 e. The number of carbonyl (C=O) groups excluding carboxylic acids is 1. The zero-order valence-corrected chi connectivity index (χ0v) is 9.99. The molecule has 1 rings (SSSR count). The van der Waals surface area contributed by atoms with Crippen molar-refractivity contribution in [2.75, 3.05) is 20.1 Å². The summed E-state index contributed by atoms with van der Waals surface area (Å²) in [6.07, 6.45) is 1.36. The number of nitrogens with zero attached hydrogens (tertiary/aromatic N) is 1. The largest absolute Gasteiger partial charge is 0.356 e. The van der Waals surface area contributed by atoms with Gasteiger partial charge in [-0.3, -0.25) is 4.79 Å². The van der Waals surface area contributed by atoms with E-state index in [1.165, 1.54) is 0 Å². The van der Waals surface area contributed by atoms with E-state index in [0.717, 1.165) is 23.7 Å². The van der Waals surface area contributed by atoms with Crippen LogP contribution in [0, 0.1) is 6.92 Å². The second-order valence-electron chi connectivity index (χ2n) is 3.34. The summed E-state index contributed by atoms with van der Waals surface area (Å²) in [6.45, 7) is 3.38. The Morgan fingerprint density at radius 1 is 1.53 bits per heavy atom. The van der Waals surface area contributed by atoms with Crippen LogP contribution >= 0.6 is 11.3 Å². The molecule has 0 aliphatic rings. The average molecular weight is 227 g/mol. The van der Waals surface area contributed by atoms with Gasteiger partial charge in [0.1, 0.15) is 0 Å². The standard InChI is InChI=1S/C10H17N3OS/c1-8-7-15-10(13-8)4-6-12-9(14)3-5-11-2/h7,11H,3-6H2,1-2H3,(H,12,14). The molecule has 0 radical (unpaired) electrons. The fourth-order valence-electron chi connectivity index (χ4n) is 1.15. The van der Waals surface area contributed by atoms with Crippen molar-refractivity contribution in [2.24, 2.45) is 0 Å². The Morgan fingerprint density at radius 2 is 2.33 bits per heavy atom. The van der Waals surface area contributed by atoms with E-state index in [0.29, 0.717) is 13.0 Å². The van der Waals surface area contributed by atoms with Gasteiger partial charge in [-0.25, -0.2) is 4.98 Å². The molecule has 0 atom stereocenters. The number of hydrogen-bond donors (Lipinski definition) is 2. The molecule has 84 valence electrons. The third-order valence-electron chi connectivity index (χ3n) is 1.93. The first-order valence-corrected chi connectivity index (χ1v) is 5.92. The van der Waals surface area contributed by atoms with Gasteiger partial charge in [0.15, 0.2) is 0 Å². The first-order valence-electron chi connectivity index (χ1n) is 5.04. The minimum absolute atomic E-state index is 0.0950. The third kappa shape index (κ3) is 4.90. The number of hydrogen-bond acceptors (Lipinski definition) is 4. The maximum Gasteiger partial charge on any atom is 0.221 e. The van der Waals surface area contributed by atoms with E-state index >= 15 is 0 Å². The first-order chi connectivity index (χ1) is 7.22. The molecule has 0 saturated carbocycles. The molecular formula is C10H17N3OS. The Labute approximate surface area is 94.1 Å². The van der Waals surface area contributed by atoms with Gasteiger partial charge in [-0.2, -0.15) is 0 Å². The van der Waals surface area contributed by atoms with Gasteiger partial charge in [0.25, 0.3) is 0 Å². The number of amides is 1. The van der Waals surface area contributed by atoms with Crippen molar-refractivity contribution >= 4 is 17.2 Å². The normalized spacial score (nSPS) is 10.3. The van der Waals surface area contributed by atoms with E-state index in [1.54, 1.807) is 11.3 Å². The Bertz CT molecular complexity index is 311. The summed E-state index contributed by atoms with van der Waals surface area (Å²) >= 11 is 1.64. The minimum atomic E-state index is 0.0950. The van der Waals surface area contributed by atoms with Crippen molar-refractivity contribution in [3.63, 3.8) is 0 Å². The molecule has 2 N–H and O–H groups in total. The maximum atomic E-state index is 11.2. The van der Waals surface area contributed by atoms with E-state index in [-0.39, 0.29) is 5.91 Å². The average Bonchev–Trinajstić information content (AvgIpc) is 2.61. The second-order valence-corrected chi connectivity index (χ2v) is 4.28. The van der Waals surface area contributed by atoms with Crippen molar-refractivity contribution in [1.82, 2.24) is 15.6 Å². The molecule has 15 heavy (non-hydrogen) atoms. The third-order valence-corrected chi connectivity index (χ3v) is 2.96. The van der Waals surface area contributed by atoms with Gasteiger partial charge < -0.3 is 10.6 Å². The fraction of sp³-hybridized carbons (Fsp3) is 0.600. The highest BCUT2D eigenvalue weighted by Gasteiger charge is 2.01. The SMILES string of the molecule is CNCCC(=O)NCCc1nc(C)cs1. The van der Waals surface area contributed by atoms with Crippen LogP contribution < -0.4 is 10.6 Å². The zero-order valence-electron chi connectivity index (χ0n) is 9.17. The number of carbonyl (C=O) groups is 1.